The second kappa shape index (κ2) is 7.64. The second-order valence-electron chi connectivity index (χ2n) is 5.01. The van der Waals surface area contributed by atoms with Gasteiger partial charge in [-0.25, -0.2) is 8.42 Å². The summed E-state index contributed by atoms with van der Waals surface area (Å²) in [6, 6.07) is 6.63. The van der Waals surface area contributed by atoms with Crippen LogP contribution in [-0.4, -0.2) is 33.9 Å². The number of methoxy groups -OCH3 is 1. The summed E-state index contributed by atoms with van der Waals surface area (Å²) in [6.07, 6.45) is 0.950. The molecule has 0 spiro atoms. The predicted octanol–water partition coefficient (Wildman–Crippen LogP) is 2.49. The Kier molecular flexibility index (Phi) is 6.49. The molecular weight excluding hydrogens is 274 g/mol. The van der Waals surface area contributed by atoms with Crippen molar-refractivity contribution in [3.63, 3.8) is 0 Å². The monoisotopic (exact) mass is 299 g/mol. The molecule has 114 valence electrons. The topological polar surface area (TPSA) is 55.4 Å². The normalized spacial score (nSPS) is 14.8. The van der Waals surface area contributed by atoms with Crippen LogP contribution in [0.4, 0.5) is 0 Å². The van der Waals surface area contributed by atoms with Crippen molar-refractivity contribution in [2.75, 3.05) is 19.4 Å². The van der Waals surface area contributed by atoms with E-state index < -0.39 is 9.84 Å². The van der Waals surface area contributed by atoms with Gasteiger partial charge < -0.3 is 10.1 Å². The molecule has 2 unspecified atom stereocenters. The molecule has 1 N–H and O–H groups in total. The largest absolute Gasteiger partial charge is 0.497 e. The minimum absolute atomic E-state index is 0.0267. The van der Waals surface area contributed by atoms with Crippen LogP contribution >= 0.6 is 0 Å². The highest BCUT2D eigenvalue weighted by Crippen LogP contribution is 2.20. The fourth-order valence-corrected chi connectivity index (χ4v) is 3.79. The molecule has 0 aliphatic rings. The maximum absolute atomic E-state index is 12.5. The van der Waals surface area contributed by atoms with Crippen molar-refractivity contribution in [3.8, 4) is 5.75 Å². The lowest BCUT2D eigenvalue weighted by Crippen LogP contribution is -2.40. The van der Waals surface area contributed by atoms with Crippen LogP contribution in [0, 0.1) is 5.92 Å². The molecule has 0 aromatic heterocycles. The fraction of sp³-hybridized carbons (Fsp3) is 0.600. The summed E-state index contributed by atoms with van der Waals surface area (Å²) in [6.45, 7) is 6.91. The summed E-state index contributed by atoms with van der Waals surface area (Å²) in [5.74, 6) is 0.994. The van der Waals surface area contributed by atoms with Gasteiger partial charge in [0.05, 0.1) is 17.8 Å². The second-order valence-corrected chi connectivity index (χ2v) is 7.04. The van der Waals surface area contributed by atoms with Crippen LogP contribution in [0.15, 0.2) is 29.2 Å². The first kappa shape index (κ1) is 17.0. The summed E-state index contributed by atoms with van der Waals surface area (Å²) in [7, 11) is -1.78. The molecule has 0 radical (unpaired) electrons. The SMILES string of the molecule is CCNC(CS(=O)(=O)c1cccc(OC)c1)C(C)CC. The van der Waals surface area contributed by atoms with E-state index in [9.17, 15) is 8.42 Å². The number of rotatable bonds is 8. The van der Waals surface area contributed by atoms with Crippen LogP contribution in [0.25, 0.3) is 0 Å². The fourth-order valence-electron chi connectivity index (χ4n) is 2.10. The predicted molar refractivity (Wildman–Crippen MR) is 82.0 cm³/mol. The van der Waals surface area contributed by atoms with Crippen molar-refractivity contribution in [1.29, 1.82) is 0 Å². The molecule has 0 heterocycles. The standard InChI is InChI=1S/C15H25NO3S/c1-5-12(3)15(16-6-2)11-20(17,18)14-9-7-8-13(10-14)19-4/h7-10,12,15-16H,5-6,11H2,1-4H3. The van der Waals surface area contributed by atoms with Crippen LogP contribution < -0.4 is 10.1 Å². The third-order valence-electron chi connectivity index (χ3n) is 3.60. The lowest BCUT2D eigenvalue weighted by atomic mass is 10.0. The van der Waals surface area contributed by atoms with E-state index in [0.717, 1.165) is 13.0 Å². The van der Waals surface area contributed by atoms with Crippen molar-refractivity contribution < 1.29 is 13.2 Å². The van der Waals surface area contributed by atoms with Crippen molar-refractivity contribution in [1.82, 2.24) is 5.32 Å². The Balaban J connectivity index is 2.96. The first-order chi connectivity index (χ1) is 9.44. The van der Waals surface area contributed by atoms with Gasteiger partial charge >= 0.3 is 0 Å². The quantitative estimate of drug-likeness (QED) is 0.801. The van der Waals surface area contributed by atoms with Gasteiger partial charge in [0.2, 0.25) is 0 Å². The van der Waals surface area contributed by atoms with E-state index in [4.69, 9.17) is 4.74 Å². The molecule has 20 heavy (non-hydrogen) atoms. The molecule has 2 atom stereocenters. The van der Waals surface area contributed by atoms with E-state index in [1.807, 2.05) is 6.92 Å². The van der Waals surface area contributed by atoms with E-state index in [1.54, 1.807) is 24.3 Å². The van der Waals surface area contributed by atoms with Crippen LogP contribution in [-0.2, 0) is 9.84 Å². The van der Waals surface area contributed by atoms with Gasteiger partial charge in [0.15, 0.2) is 9.84 Å². The molecule has 0 aliphatic heterocycles. The summed E-state index contributed by atoms with van der Waals surface area (Å²) in [5, 5.41) is 3.28. The lowest BCUT2D eigenvalue weighted by molar-refractivity contribution is 0.397. The molecule has 4 nitrogen and oxygen atoms in total. The van der Waals surface area contributed by atoms with E-state index in [2.05, 4.69) is 19.2 Å². The van der Waals surface area contributed by atoms with Crippen LogP contribution in [0.2, 0.25) is 0 Å². The van der Waals surface area contributed by atoms with Crippen LogP contribution in [0.1, 0.15) is 27.2 Å². The highest BCUT2D eigenvalue weighted by atomic mass is 32.2. The molecule has 1 aromatic carbocycles. The summed E-state index contributed by atoms with van der Waals surface area (Å²) >= 11 is 0. The summed E-state index contributed by atoms with van der Waals surface area (Å²) in [4.78, 5) is 0.322. The number of ether oxygens (including phenoxy) is 1. The number of sulfone groups is 1. The summed E-state index contributed by atoms with van der Waals surface area (Å²) < 4.78 is 30.1. The smallest absolute Gasteiger partial charge is 0.180 e. The first-order valence-electron chi connectivity index (χ1n) is 7.04. The van der Waals surface area contributed by atoms with Crippen molar-refractivity contribution >= 4 is 9.84 Å². The van der Waals surface area contributed by atoms with Gasteiger partial charge in [-0.2, -0.15) is 0 Å². The Morgan fingerprint density at radius 3 is 2.55 bits per heavy atom. The maximum atomic E-state index is 12.5. The number of hydrogen-bond acceptors (Lipinski definition) is 4. The van der Waals surface area contributed by atoms with Gasteiger partial charge in [0.1, 0.15) is 5.75 Å². The molecular formula is C15H25NO3S. The lowest BCUT2D eigenvalue weighted by Gasteiger charge is -2.23. The minimum Gasteiger partial charge on any atom is -0.497 e. The molecule has 0 fully saturated rings. The Morgan fingerprint density at radius 2 is 2.00 bits per heavy atom. The van der Waals surface area contributed by atoms with E-state index in [0.29, 0.717) is 16.6 Å². The van der Waals surface area contributed by atoms with Crippen molar-refractivity contribution in [2.45, 2.75) is 38.1 Å². The first-order valence-corrected chi connectivity index (χ1v) is 8.70. The number of hydrogen-bond donors (Lipinski definition) is 1. The highest BCUT2D eigenvalue weighted by molar-refractivity contribution is 7.91. The zero-order valence-electron chi connectivity index (χ0n) is 12.7. The third kappa shape index (κ3) is 4.49. The van der Waals surface area contributed by atoms with E-state index >= 15 is 0 Å². The minimum atomic E-state index is -3.31. The molecule has 0 amide bonds. The zero-order chi connectivity index (χ0) is 15.2. The van der Waals surface area contributed by atoms with E-state index in [-0.39, 0.29) is 11.8 Å². The Bertz CT molecular complexity index is 514. The zero-order valence-corrected chi connectivity index (χ0v) is 13.5. The third-order valence-corrected chi connectivity index (χ3v) is 5.37. The molecule has 5 heteroatoms. The molecule has 1 aromatic rings. The molecule has 0 bridgehead atoms. The number of benzene rings is 1. The van der Waals surface area contributed by atoms with Crippen molar-refractivity contribution in [3.05, 3.63) is 24.3 Å². The summed E-state index contributed by atoms with van der Waals surface area (Å²) in [5.41, 5.74) is 0. The molecule has 1 rings (SSSR count). The van der Waals surface area contributed by atoms with Gasteiger partial charge in [0.25, 0.3) is 0 Å². The van der Waals surface area contributed by atoms with Gasteiger partial charge in [0, 0.05) is 6.04 Å². The van der Waals surface area contributed by atoms with Gasteiger partial charge in [-0.3, -0.25) is 0 Å². The average Bonchev–Trinajstić information content (AvgIpc) is 2.45. The molecule has 0 saturated heterocycles. The van der Waals surface area contributed by atoms with E-state index in [1.165, 1.54) is 7.11 Å². The maximum Gasteiger partial charge on any atom is 0.180 e. The Hall–Kier alpha value is -1.07. The van der Waals surface area contributed by atoms with Crippen molar-refractivity contribution in [2.24, 2.45) is 5.92 Å². The molecule has 0 aliphatic carbocycles. The van der Waals surface area contributed by atoms with Crippen LogP contribution in [0.3, 0.4) is 0 Å². The van der Waals surface area contributed by atoms with Gasteiger partial charge in [-0.1, -0.05) is 33.3 Å². The van der Waals surface area contributed by atoms with Crippen LogP contribution in [0.5, 0.6) is 5.75 Å². The highest BCUT2D eigenvalue weighted by Gasteiger charge is 2.24. The average molecular weight is 299 g/mol. The van der Waals surface area contributed by atoms with Gasteiger partial charge in [-0.15, -0.1) is 0 Å². The molecule has 0 saturated carbocycles. The van der Waals surface area contributed by atoms with Gasteiger partial charge in [-0.05, 0) is 30.7 Å². The Labute approximate surface area is 122 Å². The Morgan fingerprint density at radius 1 is 1.30 bits per heavy atom. The number of nitrogens with one attached hydrogen (secondary N) is 1.